The molecule has 0 fully saturated rings. The van der Waals surface area contributed by atoms with Crippen molar-refractivity contribution in [2.45, 2.75) is 252 Å². The molecule has 0 spiro atoms. The molecule has 0 aliphatic carbocycles. The van der Waals surface area contributed by atoms with Gasteiger partial charge in [-0.05, 0) is 32.1 Å². The monoisotopic (exact) mass is 839 g/mol. The van der Waals surface area contributed by atoms with E-state index in [1.807, 2.05) is 54.7 Å². The normalized spacial score (nSPS) is 12.5. The van der Waals surface area contributed by atoms with Gasteiger partial charge in [0.2, 0.25) is 0 Å². The molecule has 1 unspecified atom stereocenters. The number of hydrogen-bond acceptors (Lipinski definition) is 6. The molecule has 6 heteroatoms. The Labute approximate surface area is 370 Å². The Kier molecular flexibility index (Phi) is 46.4. The van der Waals surface area contributed by atoms with Gasteiger partial charge in [0.15, 0.2) is 6.10 Å². The number of esters is 3. The lowest BCUT2D eigenvalue weighted by Gasteiger charge is -2.18. The average Bonchev–Trinajstić information content (AvgIpc) is 3.24. The zero-order valence-corrected chi connectivity index (χ0v) is 39.5. The summed E-state index contributed by atoms with van der Waals surface area (Å²) in [5.74, 6) is -0.967. The maximum atomic E-state index is 12.7. The molecule has 0 saturated heterocycles. The largest absolute Gasteiger partial charge is 0.462 e. The maximum absolute atomic E-state index is 12.7. The highest BCUT2D eigenvalue weighted by Gasteiger charge is 2.19. The third-order valence-electron chi connectivity index (χ3n) is 10.9. The number of allylic oxidation sites excluding steroid dienone is 10. The minimum Gasteiger partial charge on any atom is -0.462 e. The molecule has 0 saturated carbocycles. The Morgan fingerprint density at radius 2 is 0.650 bits per heavy atom. The molecular formula is C54H94O6. The molecule has 346 valence electrons. The zero-order valence-electron chi connectivity index (χ0n) is 39.5. The summed E-state index contributed by atoms with van der Waals surface area (Å²) in [6, 6.07) is 0. The van der Waals surface area contributed by atoms with Crippen molar-refractivity contribution in [1.82, 2.24) is 0 Å². The molecule has 0 N–H and O–H groups in total. The van der Waals surface area contributed by atoms with E-state index in [2.05, 4.69) is 26.8 Å². The molecule has 0 amide bonds. The van der Waals surface area contributed by atoms with Crippen LogP contribution in [0, 0.1) is 0 Å². The molecule has 0 heterocycles. The van der Waals surface area contributed by atoms with E-state index >= 15 is 0 Å². The summed E-state index contributed by atoms with van der Waals surface area (Å²) < 4.78 is 16.7. The summed E-state index contributed by atoms with van der Waals surface area (Å²) in [5.41, 5.74) is 0. The summed E-state index contributed by atoms with van der Waals surface area (Å²) in [7, 11) is 0. The van der Waals surface area contributed by atoms with Crippen molar-refractivity contribution in [3.63, 3.8) is 0 Å². The summed E-state index contributed by atoms with van der Waals surface area (Å²) in [6.45, 7) is 6.44. The molecule has 0 aromatic heterocycles. The lowest BCUT2D eigenvalue weighted by atomic mass is 10.0. The van der Waals surface area contributed by atoms with Crippen LogP contribution in [0.2, 0.25) is 0 Å². The minimum atomic E-state index is -0.806. The Bertz CT molecular complexity index is 1100. The molecule has 0 rings (SSSR count). The van der Waals surface area contributed by atoms with E-state index in [1.54, 1.807) is 0 Å². The molecule has 0 aliphatic rings. The van der Waals surface area contributed by atoms with E-state index in [1.165, 1.54) is 148 Å². The van der Waals surface area contributed by atoms with Crippen molar-refractivity contribution in [3.8, 4) is 0 Å². The van der Waals surface area contributed by atoms with Gasteiger partial charge in [-0.2, -0.15) is 0 Å². The lowest BCUT2D eigenvalue weighted by Crippen LogP contribution is -2.30. The van der Waals surface area contributed by atoms with Gasteiger partial charge in [-0.25, -0.2) is 0 Å². The highest BCUT2D eigenvalue weighted by molar-refractivity contribution is 5.71. The summed E-state index contributed by atoms with van der Waals surface area (Å²) in [4.78, 5) is 37.9. The molecule has 0 radical (unpaired) electrons. The molecule has 0 bridgehead atoms. The Morgan fingerprint density at radius 1 is 0.350 bits per heavy atom. The Balaban J connectivity index is 4.43. The van der Waals surface area contributed by atoms with Gasteiger partial charge < -0.3 is 14.2 Å². The van der Waals surface area contributed by atoms with Crippen LogP contribution in [0.4, 0.5) is 0 Å². The second-order valence-corrected chi connectivity index (χ2v) is 16.8. The standard InChI is InChI=1S/C54H94O6/c1-4-7-10-13-16-19-22-25-26-27-30-32-35-38-41-44-47-53(56)59-50-51(60-54(57)48-45-42-39-36-33-29-24-21-18-15-12-9-6-3)49-58-52(55)46-43-40-37-34-31-28-23-20-17-14-11-8-5-2/h9,12,15,18,21,24,29,33,36,39,51H,4-8,10-11,13-14,16-17,19-20,22-23,25-28,30-32,34-35,37-38,40-50H2,1-3H3/b12-9-,18-15-,24-21-,33-29-,39-36-. The number of carbonyl (C=O) groups excluding carboxylic acids is 3. The number of hydrogen-bond donors (Lipinski definition) is 0. The first-order valence-electron chi connectivity index (χ1n) is 25.4. The SMILES string of the molecule is CC\C=C/C=C\C=C/C=C\C=C/CCCC(=O)OC(COC(=O)CCCCCCCCCCCCCCC)COC(=O)CCCCCCCCCCCCCCCCCC. The van der Waals surface area contributed by atoms with Gasteiger partial charge in [-0.15, -0.1) is 0 Å². The summed E-state index contributed by atoms with van der Waals surface area (Å²) in [6.07, 6.45) is 59.3. The average molecular weight is 839 g/mol. The number of rotatable bonds is 45. The van der Waals surface area contributed by atoms with Gasteiger partial charge in [-0.3, -0.25) is 14.4 Å². The van der Waals surface area contributed by atoms with Crippen LogP contribution < -0.4 is 0 Å². The van der Waals surface area contributed by atoms with Crippen molar-refractivity contribution >= 4 is 17.9 Å². The van der Waals surface area contributed by atoms with Crippen LogP contribution >= 0.6 is 0 Å². The van der Waals surface area contributed by atoms with Crippen LogP contribution in [0.5, 0.6) is 0 Å². The van der Waals surface area contributed by atoms with Crippen LogP contribution in [-0.4, -0.2) is 37.2 Å². The van der Waals surface area contributed by atoms with Crippen molar-refractivity contribution in [1.29, 1.82) is 0 Å². The molecule has 60 heavy (non-hydrogen) atoms. The fraction of sp³-hybridized carbons (Fsp3) is 0.759. The van der Waals surface area contributed by atoms with Crippen LogP contribution in [0.3, 0.4) is 0 Å². The number of ether oxygens (including phenoxy) is 3. The van der Waals surface area contributed by atoms with Crippen molar-refractivity contribution in [2.75, 3.05) is 13.2 Å². The van der Waals surface area contributed by atoms with Gasteiger partial charge in [0, 0.05) is 19.3 Å². The quantitative estimate of drug-likeness (QED) is 0.0263. The predicted molar refractivity (Wildman–Crippen MR) is 256 cm³/mol. The van der Waals surface area contributed by atoms with E-state index in [9.17, 15) is 14.4 Å². The van der Waals surface area contributed by atoms with E-state index in [4.69, 9.17) is 14.2 Å². The van der Waals surface area contributed by atoms with Crippen molar-refractivity contribution < 1.29 is 28.6 Å². The van der Waals surface area contributed by atoms with Crippen LogP contribution in [-0.2, 0) is 28.6 Å². The van der Waals surface area contributed by atoms with E-state index in [0.717, 1.165) is 51.4 Å². The van der Waals surface area contributed by atoms with Crippen molar-refractivity contribution in [2.24, 2.45) is 0 Å². The van der Waals surface area contributed by atoms with E-state index < -0.39 is 6.10 Å². The topological polar surface area (TPSA) is 78.9 Å². The fourth-order valence-corrected chi connectivity index (χ4v) is 7.12. The Morgan fingerprint density at radius 3 is 1.00 bits per heavy atom. The molecule has 0 aromatic rings. The molecule has 0 aliphatic heterocycles. The van der Waals surface area contributed by atoms with Crippen molar-refractivity contribution in [3.05, 3.63) is 60.8 Å². The second-order valence-electron chi connectivity index (χ2n) is 16.8. The van der Waals surface area contributed by atoms with Gasteiger partial charge in [0.05, 0.1) is 0 Å². The molecule has 1 atom stereocenters. The third-order valence-corrected chi connectivity index (χ3v) is 10.9. The third kappa shape index (κ3) is 46.2. The Hall–Kier alpha value is -2.89. The summed E-state index contributed by atoms with van der Waals surface area (Å²) >= 11 is 0. The maximum Gasteiger partial charge on any atom is 0.306 e. The lowest BCUT2D eigenvalue weighted by molar-refractivity contribution is -0.167. The first kappa shape index (κ1) is 57.1. The number of unbranched alkanes of at least 4 members (excludes halogenated alkanes) is 28. The second kappa shape index (κ2) is 48.8. The number of carbonyl (C=O) groups is 3. The zero-order chi connectivity index (χ0) is 43.7. The van der Waals surface area contributed by atoms with E-state index in [-0.39, 0.29) is 37.5 Å². The van der Waals surface area contributed by atoms with Crippen LogP contribution in [0.1, 0.15) is 245 Å². The first-order chi connectivity index (χ1) is 29.5. The predicted octanol–water partition coefficient (Wildman–Crippen LogP) is 16.5. The van der Waals surface area contributed by atoms with Crippen LogP contribution in [0.25, 0.3) is 0 Å². The highest BCUT2D eigenvalue weighted by atomic mass is 16.6. The molecular weight excluding hydrogens is 745 g/mol. The van der Waals surface area contributed by atoms with Gasteiger partial charge in [-0.1, -0.05) is 255 Å². The first-order valence-corrected chi connectivity index (χ1v) is 25.4. The van der Waals surface area contributed by atoms with Crippen LogP contribution in [0.15, 0.2) is 60.8 Å². The smallest absolute Gasteiger partial charge is 0.306 e. The van der Waals surface area contributed by atoms with Gasteiger partial charge in [0.25, 0.3) is 0 Å². The van der Waals surface area contributed by atoms with Gasteiger partial charge in [0.1, 0.15) is 13.2 Å². The highest BCUT2D eigenvalue weighted by Crippen LogP contribution is 2.16. The van der Waals surface area contributed by atoms with E-state index in [0.29, 0.717) is 19.3 Å². The summed E-state index contributed by atoms with van der Waals surface area (Å²) in [5, 5.41) is 0. The fourth-order valence-electron chi connectivity index (χ4n) is 7.12. The molecule has 0 aromatic carbocycles. The minimum absolute atomic E-state index is 0.0995. The van der Waals surface area contributed by atoms with Gasteiger partial charge >= 0.3 is 17.9 Å². The molecule has 6 nitrogen and oxygen atoms in total.